The number of amides is 1. The number of nitrogens with one attached hydrogen (secondary N) is 1. The standard InChI is InChI=1S/C12H24ClNO3/c1-16-10-11-17-9-5-4-8-14-12(15)6-2-3-7-13/h2-11H2,1H3,(H,14,15). The zero-order valence-electron chi connectivity index (χ0n) is 10.7. The molecule has 0 fully saturated rings. The number of hydrogen-bond acceptors (Lipinski definition) is 3. The van der Waals surface area contributed by atoms with Crippen molar-refractivity contribution in [3.8, 4) is 0 Å². The van der Waals surface area contributed by atoms with Crippen LogP contribution in [0.1, 0.15) is 32.1 Å². The largest absolute Gasteiger partial charge is 0.382 e. The van der Waals surface area contributed by atoms with Crippen molar-refractivity contribution in [2.45, 2.75) is 32.1 Å². The van der Waals surface area contributed by atoms with Crippen LogP contribution in [0, 0.1) is 0 Å². The molecule has 0 aliphatic rings. The zero-order chi connectivity index (χ0) is 12.8. The molecule has 0 bridgehead atoms. The Balaban J connectivity index is 3.08. The normalized spacial score (nSPS) is 10.5. The molecule has 0 unspecified atom stereocenters. The van der Waals surface area contributed by atoms with Crippen LogP contribution in [0.4, 0.5) is 0 Å². The van der Waals surface area contributed by atoms with Gasteiger partial charge in [-0.1, -0.05) is 0 Å². The number of unbranched alkanes of at least 4 members (excludes halogenated alkanes) is 2. The van der Waals surface area contributed by atoms with Crippen molar-refractivity contribution in [2.24, 2.45) is 0 Å². The van der Waals surface area contributed by atoms with Crippen LogP contribution >= 0.6 is 11.6 Å². The van der Waals surface area contributed by atoms with Gasteiger partial charge < -0.3 is 14.8 Å². The van der Waals surface area contributed by atoms with E-state index in [0.29, 0.717) is 25.5 Å². The third-order valence-electron chi connectivity index (χ3n) is 2.26. The molecule has 0 rings (SSSR count). The van der Waals surface area contributed by atoms with Gasteiger partial charge in [-0.05, 0) is 25.7 Å². The molecule has 17 heavy (non-hydrogen) atoms. The van der Waals surface area contributed by atoms with Gasteiger partial charge in [0.05, 0.1) is 13.2 Å². The zero-order valence-corrected chi connectivity index (χ0v) is 11.4. The maximum atomic E-state index is 11.3. The third kappa shape index (κ3) is 13.6. The van der Waals surface area contributed by atoms with E-state index in [2.05, 4.69) is 5.32 Å². The molecule has 1 N–H and O–H groups in total. The van der Waals surface area contributed by atoms with Gasteiger partial charge in [0.2, 0.25) is 5.91 Å². The van der Waals surface area contributed by atoms with Gasteiger partial charge in [0, 0.05) is 32.6 Å². The molecule has 0 saturated heterocycles. The number of halogens is 1. The van der Waals surface area contributed by atoms with Crippen molar-refractivity contribution in [1.82, 2.24) is 5.32 Å². The Hall–Kier alpha value is -0.320. The van der Waals surface area contributed by atoms with E-state index in [1.54, 1.807) is 7.11 Å². The van der Waals surface area contributed by atoms with Gasteiger partial charge in [0.1, 0.15) is 0 Å². The molecule has 0 spiro atoms. The van der Waals surface area contributed by atoms with E-state index >= 15 is 0 Å². The van der Waals surface area contributed by atoms with E-state index in [0.717, 1.165) is 38.8 Å². The van der Waals surface area contributed by atoms with E-state index in [1.807, 2.05) is 0 Å². The molecule has 0 radical (unpaired) electrons. The molecule has 0 aromatic carbocycles. The summed E-state index contributed by atoms with van der Waals surface area (Å²) in [4.78, 5) is 11.3. The van der Waals surface area contributed by atoms with Crippen LogP contribution < -0.4 is 5.32 Å². The number of hydrogen-bond donors (Lipinski definition) is 1. The van der Waals surface area contributed by atoms with E-state index in [4.69, 9.17) is 21.1 Å². The average Bonchev–Trinajstić information content (AvgIpc) is 2.33. The number of alkyl halides is 1. The van der Waals surface area contributed by atoms with E-state index < -0.39 is 0 Å². The molecule has 0 aliphatic heterocycles. The number of ether oxygens (including phenoxy) is 2. The average molecular weight is 266 g/mol. The van der Waals surface area contributed by atoms with Crippen molar-refractivity contribution in [1.29, 1.82) is 0 Å². The van der Waals surface area contributed by atoms with Crippen LogP contribution in [0.3, 0.4) is 0 Å². The van der Waals surface area contributed by atoms with Crippen LogP contribution in [0.15, 0.2) is 0 Å². The summed E-state index contributed by atoms with van der Waals surface area (Å²) in [7, 11) is 1.66. The molecular weight excluding hydrogens is 242 g/mol. The molecule has 5 heteroatoms. The van der Waals surface area contributed by atoms with Crippen molar-refractivity contribution >= 4 is 17.5 Å². The molecule has 0 atom stereocenters. The number of rotatable bonds is 12. The maximum Gasteiger partial charge on any atom is 0.219 e. The van der Waals surface area contributed by atoms with E-state index in [-0.39, 0.29) is 5.91 Å². The summed E-state index contributed by atoms with van der Waals surface area (Å²) in [5, 5.41) is 2.88. The quantitative estimate of drug-likeness (QED) is 0.433. The number of methoxy groups -OCH3 is 1. The van der Waals surface area contributed by atoms with Crippen molar-refractivity contribution in [2.75, 3.05) is 39.4 Å². The van der Waals surface area contributed by atoms with E-state index in [9.17, 15) is 4.79 Å². The Kier molecular flexibility index (Phi) is 13.5. The van der Waals surface area contributed by atoms with Gasteiger partial charge in [-0.15, -0.1) is 11.6 Å². The smallest absolute Gasteiger partial charge is 0.219 e. The van der Waals surface area contributed by atoms with Crippen LogP contribution in [0.25, 0.3) is 0 Å². The summed E-state index contributed by atoms with van der Waals surface area (Å²) in [6, 6.07) is 0. The Labute approximate surface area is 109 Å². The van der Waals surface area contributed by atoms with Gasteiger partial charge in [-0.2, -0.15) is 0 Å². The SMILES string of the molecule is COCCOCCCCNC(=O)CCCCCl. The molecule has 0 aromatic rings. The predicted octanol–water partition coefficient (Wildman–Crippen LogP) is 1.95. The van der Waals surface area contributed by atoms with Crippen LogP contribution in [-0.4, -0.2) is 45.3 Å². The van der Waals surface area contributed by atoms with Crippen LogP contribution in [0.5, 0.6) is 0 Å². The lowest BCUT2D eigenvalue weighted by molar-refractivity contribution is -0.121. The number of carbonyl (C=O) groups excluding carboxylic acids is 1. The highest BCUT2D eigenvalue weighted by Crippen LogP contribution is 1.97. The summed E-state index contributed by atoms with van der Waals surface area (Å²) < 4.78 is 10.2. The minimum atomic E-state index is 0.121. The minimum absolute atomic E-state index is 0.121. The molecule has 0 aliphatic carbocycles. The van der Waals surface area contributed by atoms with Gasteiger partial charge in [0.15, 0.2) is 0 Å². The van der Waals surface area contributed by atoms with Crippen LogP contribution in [-0.2, 0) is 14.3 Å². The minimum Gasteiger partial charge on any atom is -0.382 e. The van der Waals surface area contributed by atoms with Gasteiger partial charge in [-0.25, -0.2) is 0 Å². The first kappa shape index (κ1) is 16.7. The summed E-state index contributed by atoms with van der Waals surface area (Å²) >= 11 is 5.53. The highest BCUT2D eigenvalue weighted by molar-refractivity contribution is 6.17. The Bertz CT molecular complexity index is 179. The molecular formula is C12H24ClNO3. The lowest BCUT2D eigenvalue weighted by atomic mass is 10.2. The first-order valence-electron chi connectivity index (χ1n) is 6.20. The molecule has 0 saturated carbocycles. The fourth-order valence-corrected chi connectivity index (χ4v) is 1.46. The molecule has 1 amide bonds. The topological polar surface area (TPSA) is 47.6 Å². The number of carbonyl (C=O) groups is 1. The van der Waals surface area contributed by atoms with Crippen LogP contribution in [0.2, 0.25) is 0 Å². The highest BCUT2D eigenvalue weighted by Gasteiger charge is 1.99. The summed E-state index contributed by atoms with van der Waals surface area (Å²) in [5.41, 5.74) is 0. The van der Waals surface area contributed by atoms with Gasteiger partial charge >= 0.3 is 0 Å². The lowest BCUT2D eigenvalue weighted by Crippen LogP contribution is -2.24. The van der Waals surface area contributed by atoms with Crippen molar-refractivity contribution < 1.29 is 14.3 Å². The van der Waals surface area contributed by atoms with Gasteiger partial charge in [-0.3, -0.25) is 4.79 Å². The lowest BCUT2D eigenvalue weighted by Gasteiger charge is -2.05. The second-order valence-corrected chi connectivity index (χ2v) is 4.19. The molecule has 102 valence electrons. The first-order chi connectivity index (χ1) is 8.31. The fourth-order valence-electron chi connectivity index (χ4n) is 1.27. The first-order valence-corrected chi connectivity index (χ1v) is 6.74. The predicted molar refractivity (Wildman–Crippen MR) is 69.5 cm³/mol. The van der Waals surface area contributed by atoms with E-state index in [1.165, 1.54) is 0 Å². The highest BCUT2D eigenvalue weighted by atomic mass is 35.5. The van der Waals surface area contributed by atoms with Crippen molar-refractivity contribution in [3.63, 3.8) is 0 Å². The Morgan fingerprint density at radius 1 is 1.12 bits per heavy atom. The summed E-state index contributed by atoms with van der Waals surface area (Å²) in [6.45, 7) is 2.73. The molecule has 0 heterocycles. The molecule has 0 aromatic heterocycles. The Morgan fingerprint density at radius 3 is 2.65 bits per heavy atom. The Morgan fingerprint density at radius 2 is 1.94 bits per heavy atom. The molecule has 4 nitrogen and oxygen atoms in total. The second kappa shape index (κ2) is 13.7. The fraction of sp³-hybridized carbons (Fsp3) is 0.917. The second-order valence-electron chi connectivity index (χ2n) is 3.81. The monoisotopic (exact) mass is 265 g/mol. The summed E-state index contributed by atoms with van der Waals surface area (Å²) in [6.07, 6.45) is 4.27. The van der Waals surface area contributed by atoms with Crippen molar-refractivity contribution in [3.05, 3.63) is 0 Å². The van der Waals surface area contributed by atoms with Gasteiger partial charge in [0.25, 0.3) is 0 Å². The summed E-state index contributed by atoms with van der Waals surface area (Å²) in [5.74, 6) is 0.752. The third-order valence-corrected chi connectivity index (χ3v) is 2.52. The maximum absolute atomic E-state index is 11.3.